The molecule has 0 spiro atoms. The summed E-state index contributed by atoms with van der Waals surface area (Å²) in [5.74, 6) is -0.906. The highest BCUT2D eigenvalue weighted by Gasteiger charge is 2.12. The SMILES string of the molecule is O=C(OCCCCCCO)c1cccc(C(=O)OCCCCCCO)c1. The Hall–Kier alpha value is -1.92. The van der Waals surface area contributed by atoms with Crippen molar-refractivity contribution in [2.75, 3.05) is 26.4 Å². The van der Waals surface area contributed by atoms with Gasteiger partial charge in [-0.25, -0.2) is 9.59 Å². The molecule has 26 heavy (non-hydrogen) atoms. The number of hydrogen-bond acceptors (Lipinski definition) is 6. The number of ether oxygens (including phenoxy) is 2. The summed E-state index contributed by atoms with van der Waals surface area (Å²) in [5, 5.41) is 17.4. The third-order valence-electron chi connectivity index (χ3n) is 3.91. The second kappa shape index (κ2) is 14.3. The van der Waals surface area contributed by atoms with Gasteiger partial charge in [0.1, 0.15) is 0 Å². The molecule has 0 amide bonds. The van der Waals surface area contributed by atoms with Gasteiger partial charge in [0.2, 0.25) is 0 Å². The van der Waals surface area contributed by atoms with Crippen LogP contribution >= 0.6 is 0 Å². The van der Waals surface area contributed by atoms with Crippen molar-refractivity contribution >= 4 is 11.9 Å². The third kappa shape index (κ3) is 9.53. The highest BCUT2D eigenvalue weighted by atomic mass is 16.5. The maximum absolute atomic E-state index is 12.0. The summed E-state index contributed by atoms with van der Waals surface area (Å²) in [6, 6.07) is 6.34. The van der Waals surface area contributed by atoms with Crippen LogP contribution in [0.2, 0.25) is 0 Å². The summed E-state index contributed by atoms with van der Waals surface area (Å²) < 4.78 is 10.4. The van der Waals surface area contributed by atoms with Crippen molar-refractivity contribution in [3.63, 3.8) is 0 Å². The molecule has 0 radical (unpaired) electrons. The standard InChI is InChI=1S/C20H30O6/c21-12-5-1-3-7-14-25-19(23)17-10-9-11-18(16-17)20(24)26-15-8-4-2-6-13-22/h9-11,16,21-22H,1-8,12-15H2. The summed E-state index contributed by atoms with van der Waals surface area (Å²) in [4.78, 5) is 24.1. The van der Waals surface area contributed by atoms with E-state index in [1.54, 1.807) is 18.2 Å². The molecular formula is C20H30O6. The number of carbonyl (C=O) groups excluding carboxylic acids is 2. The largest absolute Gasteiger partial charge is 0.462 e. The number of hydrogen-bond donors (Lipinski definition) is 2. The van der Waals surface area contributed by atoms with Crippen LogP contribution in [0.1, 0.15) is 72.1 Å². The molecule has 0 unspecified atom stereocenters. The van der Waals surface area contributed by atoms with Crippen LogP contribution in [-0.2, 0) is 9.47 Å². The van der Waals surface area contributed by atoms with Gasteiger partial charge in [-0.05, 0) is 56.7 Å². The Labute approximate surface area is 155 Å². The van der Waals surface area contributed by atoms with E-state index >= 15 is 0 Å². The van der Waals surface area contributed by atoms with Crippen molar-refractivity contribution in [1.82, 2.24) is 0 Å². The van der Waals surface area contributed by atoms with Crippen molar-refractivity contribution in [2.45, 2.75) is 51.4 Å². The molecule has 0 saturated carbocycles. The molecule has 6 nitrogen and oxygen atoms in total. The van der Waals surface area contributed by atoms with E-state index in [9.17, 15) is 9.59 Å². The van der Waals surface area contributed by atoms with Gasteiger partial charge < -0.3 is 19.7 Å². The number of esters is 2. The summed E-state index contributed by atoms with van der Waals surface area (Å²) in [6.07, 6.45) is 6.66. The van der Waals surface area contributed by atoms with E-state index in [2.05, 4.69) is 0 Å². The lowest BCUT2D eigenvalue weighted by Crippen LogP contribution is -2.10. The average Bonchev–Trinajstić information content (AvgIpc) is 2.67. The Kier molecular flexibility index (Phi) is 12.1. The zero-order valence-corrected chi connectivity index (χ0v) is 15.3. The Bertz CT molecular complexity index is 486. The summed E-state index contributed by atoms with van der Waals surface area (Å²) in [5.41, 5.74) is 0.663. The molecule has 0 fully saturated rings. The first-order valence-corrected chi connectivity index (χ1v) is 9.35. The maximum atomic E-state index is 12.0. The highest BCUT2D eigenvalue weighted by molar-refractivity contribution is 5.95. The van der Waals surface area contributed by atoms with E-state index in [0.29, 0.717) is 24.3 Å². The van der Waals surface area contributed by atoms with Crippen molar-refractivity contribution in [3.8, 4) is 0 Å². The Morgan fingerprint density at radius 3 is 1.54 bits per heavy atom. The normalized spacial score (nSPS) is 10.5. The predicted molar refractivity (Wildman–Crippen MR) is 98.1 cm³/mol. The van der Waals surface area contributed by atoms with Gasteiger partial charge in [-0.2, -0.15) is 0 Å². The lowest BCUT2D eigenvalue weighted by atomic mass is 10.1. The molecule has 0 atom stereocenters. The Morgan fingerprint density at radius 2 is 1.12 bits per heavy atom. The summed E-state index contributed by atoms with van der Waals surface area (Å²) in [7, 11) is 0. The quantitative estimate of drug-likeness (QED) is 0.388. The molecule has 0 bridgehead atoms. The van der Waals surface area contributed by atoms with E-state index in [4.69, 9.17) is 19.7 Å². The van der Waals surface area contributed by atoms with Crippen LogP contribution in [0.15, 0.2) is 24.3 Å². The van der Waals surface area contributed by atoms with E-state index in [1.165, 1.54) is 6.07 Å². The Morgan fingerprint density at radius 1 is 0.692 bits per heavy atom. The molecule has 1 rings (SSSR count). The summed E-state index contributed by atoms with van der Waals surface area (Å²) >= 11 is 0. The van der Waals surface area contributed by atoms with Crippen LogP contribution in [0.3, 0.4) is 0 Å². The molecular weight excluding hydrogens is 336 g/mol. The minimum absolute atomic E-state index is 0.186. The van der Waals surface area contributed by atoms with E-state index in [1.807, 2.05) is 0 Å². The van der Waals surface area contributed by atoms with Gasteiger partial charge in [0.15, 0.2) is 0 Å². The first-order valence-electron chi connectivity index (χ1n) is 9.35. The summed E-state index contributed by atoms with van der Waals surface area (Å²) in [6.45, 7) is 1.02. The smallest absolute Gasteiger partial charge is 0.338 e. The topological polar surface area (TPSA) is 93.1 Å². The molecule has 0 aliphatic rings. The number of carbonyl (C=O) groups is 2. The van der Waals surface area contributed by atoms with Crippen LogP contribution in [0.4, 0.5) is 0 Å². The second-order valence-electron chi connectivity index (χ2n) is 6.13. The van der Waals surface area contributed by atoms with Gasteiger partial charge in [-0.15, -0.1) is 0 Å². The van der Waals surface area contributed by atoms with Crippen molar-refractivity contribution in [2.24, 2.45) is 0 Å². The fourth-order valence-corrected chi connectivity index (χ4v) is 2.40. The first kappa shape index (κ1) is 22.1. The number of unbranched alkanes of at least 4 members (excludes halogenated alkanes) is 6. The number of aliphatic hydroxyl groups excluding tert-OH is 2. The van der Waals surface area contributed by atoms with E-state index in [0.717, 1.165) is 51.4 Å². The van der Waals surface area contributed by atoms with Crippen molar-refractivity contribution in [1.29, 1.82) is 0 Å². The van der Waals surface area contributed by atoms with Crippen LogP contribution in [-0.4, -0.2) is 48.6 Å². The molecule has 1 aromatic carbocycles. The third-order valence-corrected chi connectivity index (χ3v) is 3.91. The van der Waals surface area contributed by atoms with Gasteiger partial charge in [-0.3, -0.25) is 0 Å². The molecule has 0 heterocycles. The fraction of sp³-hybridized carbons (Fsp3) is 0.600. The first-order chi connectivity index (χ1) is 12.7. The molecule has 2 N–H and O–H groups in total. The minimum Gasteiger partial charge on any atom is -0.462 e. The number of aliphatic hydroxyl groups is 2. The van der Waals surface area contributed by atoms with E-state index in [-0.39, 0.29) is 13.2 Å². The van der Waals surface area contributed by atoms with E-state index < -0.39 is 11.9 Å². The monoisotopic (exact) mass is 366 g/mol. The van der Waals surface area contributed by atoms with Gasteiger partial charge in [0, 0.05) is 13.2 Å². The molecule has 0 aliphatic carbocycles. The fourth-order valence-electron chi connectivity index (χ4n) is 2.40. The maximum Gasteiger partial charge on any atom is 0.338 e. The molecule has 0 aliphatic heterocycles. The molecule has 0 aromatic heterocycles. The Balaban J connectivity index is 2.34. The lowest BCUT2D eigenvalue weighted by Gasteiger charge is -2.07. The number of rotatable bonds is 14. The molecule has 146 valence electrons. The van der Waals surface area contributed by atoms with Crippen molar-refractivity contribution < 1.29 is 29.3 Å². The van der Waals surface area contributed by atoms with Crippen LogP contribution in [0.25, 0.3) is 0 Å². The predicted octanol–water partition coefficient (Wildman–Crippen LogP) is 3.11. The average molecular weight is 366 g/mol. The van der Waals surface area contributed by atoms with Crippen LogP contribution < -0.4 is 0 Å². The highest BCUT2D eigenvalue weighted by Crippen LogP contribution is 2.10. The molecule has 6 heteroatoms. The van der Waals surface area contributed by atoms with Gasteiger partial charge >= 0.3 is 11.9 Å². The van der Waals surface area contributed by atoms with Crippen LogP contribution in [0.5, 0.6) is 0 Å². The van der Waals surface area contributed by atoms with Gasteiger partial charge in [-0.1, -0.05) is 18.9 Å². The zero-order chi connectivity index (χ0) is 19.0. The zero-order valence-electron chi connectivity index (χ0n) is 15.3. The number of benzene rings is 1. The second-order valence-corrected chi connectivity index (χ2v) is 6.13. The molecule has 1 aromatic rings. The van der Waals surface area contributed by atoms with Gasteiger partial charge in [0.25, 0.3) is 0 Å². The van der Waals surface area contributed by atoms with Crippen molar-refractivity contribution in [3.05, 3.63) is 35.4 Å². The van der Waals surface area contributed by atoms with Gasteiger partial charge in [0.05, 0.1) is 24.3 Å². The minimum atomic E-state index is -0.453. The molecule has 0 saturated heterocycles. The lowest BCUT2D eigenvalue weighted by molar-refractivity contribution is 0.0495. The van der Waals surface area contributed by atoms with Crippen LogP contribution in [0, 0.1) is 0 Å².